The molecule has 0 radical (unpaired) electrons. The van der Waals surface area contributed by atoms with Crippen LogP contribution in [0, 0.1) is 11.3 Å². The van der Waals surface area contributed by atoms with Gasteiger partial charge in [0, 0.05) is 105 Å². The highest BCUT2D eigenvalue weighted by Gasteiger charge is 2.41. The lowest BCUT2D eigenvalue weighted by Gasteiger charge is -2.45. The average Bonchev–Trinajstić information content (AvgIpc) is 3.90. The molecule has 6 heterocycles. The maximum absolute atomic E-state index is 14.7. The number of carbonyl (C=O) groups is 5. The number of hydrogen-bond donors (Lipinski definition) is 2. The molecule has 2 N–H and O–H groups in total. The smallest absolute Gasteiger partial charge is 0.324 e. The van der Waals surface area contributed by atoms with Gasteiger partial charge in [-0.2, -0.15) is 0 Å². The minimum Gasteiger partial charge on any atom is -0.464 e. The summed E-state index contributed by atoms with van der Waals surface area (Å²) in [6, 6.07) is 6.98. The summed E-state index contributed by atoms with van der Waals surface area (Å²) in [5.74, 6) is -1.83. The molecule has 7 rings (SSSR count). The second-order valence-electron chi connectivity index (χ2n) is 20.0. The number of nitrogens with zero attached hydrogens (tertiary/aromatic N) is 8. The fraction of sp³-hybridized carbons (Fsp3) is 0.549. The largest absolute Gasteiger partial charge is 0.464 e. The Kier molecular flexibility index (Phi) is 16.0. The molecule has 1 unspecified atom stereocenters. The van der Waals surface area contributed by atoms with Gasteiger partial charge in [-0.15, -0.1) is 11.3 Å². The number of nitrogens with one attached hydrogen (secondary N) is 2. The van der Waals surface area contributed by atoms with Gasteiger partial charge in [0.1, 0.15) is 18.1 Å². The van der Waals surface area contributed by atoms with Crippen molar-refractivity contribution in [2.75, 3.05) is 68.1 Å². The van der Waals surface area contributed by atoms with Gasteiger partial charge >= 0.3 is 12.0 Å². The number of urea groups is 1. The number of pyridine rings is 1. The van der Waals surface area contributed by atoms with Crippen LogP contribution in [0.3, 0.4) is 0 Å². The molecule has 0 saturated carbocycles. The Labute approximate surface area is 410 Å². The second kappa shape index (κ2) is 21.5. The Morgan fingerprint density at radius 1 is 1.10 bits per heavy atom. The van der Waals surface area contributed by atoms with Gasteiger partial charge in [0.15, 0.2) is 0 Å². The van der Waals surface area contributed by atoms with E-state index in [0.717, 1.165) is 44.7 Å². The van der Waals surface area contributed by atoms with E-state index in [4.69, 9.17) is 19.4 Å². The molecule has 5 amide bonds. The van der Waals surface area contributed by atoms with Gasteiger partial charge < -0.3 is 39.0 Å². The zero-order valence-electron chi connectivity index (χ0n) is 42.1. The first kappa shape index (κ1) is 51.2. The van der Waals surface area contributed by atoms with Crippen LogP contribution in [-0.4, -0.2) is 161 Å². The van der Waals surface area contributed by atoms with Gasteiger partial charge in [-0.05, 0) is 83.0 Å². The highest BCUT2D eigenvalue weighted by atomic mass is 32.1. The number of hydrazine groups is 1. The Hall–Kier alpha value is -5.69. The SMILES string of the molecule is CCn1c(-c2cccnc2[C@H](C)OC)c2c3cc(ccc31)-c1csc(n1)C[C@H](NC(=O)C(C(C)C)N(C)C(=O)N(C)C1CN(C(=O)/C=C/CN(C)C)C1)C(=O)N1CCC[C@H](N1)C(=O)OCC(C)(C)C2. The van der Waals surface area contributed by atoms with E-state index in [2.05, 4.69) is 60.3 Å². The lowest BCUT2D eigenvalue weighted by molar-refractivity contribution is -0.155. The van der Waals surface area contributed by atoms with E-state index in [0.29, 0.717) is 57.0 Å². The summed E-state index contributed by atoms with van der Waals surface area (Å²) in [5, 5.41) is 8.10. The molecule has 2 fully saturated rings. The first-order valence-electron chi connectivity index (χ1n) is 24.0. The molecule has 69 heavy (non-hydrogen) atoms. The van der Waals surface area contributed by atoms with Gasteiger partial charge in [0.05, 0.1) is 40.8 Å². The Morgan fingerprint density at radius 2 is 1.86 bits per heavy atom. The minimum absolute atomic E-state index is 0.0688. The van der Waals surface area contributed by atoms with Crippen LogP contribution < -0.4 is 10.7 Å². The predicted octanol–water partition coefficient (Wildman–Crippen LogP) is 5.54. The van der Waals surface area contributed by atoms with Crippen LogP contribution in [-0.2, 0) is 48.0 Å². The maximum atomic E-state index is 14.7. The number of aryl methyl sites for hydroxylation is 1. The highest BCUT2D eigenvalue weighted by Crippen LogP contribution is 2.42. The molecule has 0 aliphatic carbocycles. The molecule has 4 atom stereocenters. The Bertz CT molecular complexity index is 2560. The molecule has 18 heteroatoms. The maximum Gasteiger partial charge on any atom is 0.324 e. The van der Waals surface area contributed by atoms with Crippen molar-refractivity contribution in [3.8, 4) is 22.5 Å². The number of esters is 1. The molecule has 2 saturated heterocycles. The summed E-state index contributed by atoms with van der Waals surface area (Å²) >= 11 is 1.41. The quantitative estimate of drug-likeness (QED) is 0.135. The third-order valence-corrected chi connectivity index (χ3v) is 14.4. The molecule has 17 nitrogen and oxygen atoms in total. The summed E-state index contributed by atoms with van der Waals surface area (Å²) in [5.41, 5.74) is 9.25. The van der Waals surface area contributed by atoms with Crippen LogP contribution in [0.5, 0.6) is 0 Å². The van der Waals surface area contributed by atoms with E-state index in [1.807, 2.05) is 57.3 Å². The molecule has 372 valence electrons. The average molecular weight is 967 g/mol. The zero-order valence-corrected chi connectivity index (χ0v) is 42.9. The number of aromatic nitrogens is 3. The molecular formula is C51H70N10O7S. The first-order chi connectivity index (χ1) is 32.8. The van der Waals surface area contributed by atoms with E-state index in [1.54, 1.807) is 43.3 Å². The van der Waals surface area contributed by atoms with Crippen molar-refractivity contribution in [1.82, 2.24) is 49.9 Å². The number of carbonyl (C=O) groups excluding carboxylic acids is 5. The molecule has 1 aromatic carbocycles. The lowest BCUT2D eigenvalue weighted by Crippen LogP contribution is -2.65. The molecule has 3 aliphatic heterocycles. The summed E-state index contributed by atoms with van der Waals surface area (Å²) in [4.78, 5) is 86.4. The van der Waals surface area contributed by atoms with Crippen molar-refractivity contribution in [2.24, 2.45) is 11.3 Å². The van der Waals surface area contributed by atoms with Gasteiger partial charge in [-0.3, -0.25) is 29.2 Å². The van der Waals surface area contributed by atoms with Gasteiger partial charge in [-0.25, -0.2) is 15.2 Å². The van der Waals surface area contributed by atoms with Crippen molar-refractivity contribution in [2.45, 2.75) is 104 Å². The summed E-state index contributed by atoms with van der Waals surface area (Å²) in [6.45, 7) is 14.6. The number of ether oxygens (including phenoxy) is 2. The van der Waals surface area contributed by atoms with E-state index in [9.17, 15) is 24.0 Å². The fourth-order valence-corrected chi connectivity index (χ4v) is 10.5. The van der Waals surface area contributed by atoms with Crippen LogP contribution in [0.2, 0.25) is 0 Å². The number of amides is 5. The van der Waals surface area contributed by atoms with Crippen molar-refractivity contribution >= 4 is 52.0 Å². The van der Waals surface area contributed by atoms with Crippen molar-refractivity contribution in [3.63, 3.8) is 0 Å². The van der Waals surface area contributed by atoms with E-state index in [-0.39, 0.29) is 43.0 Å². The molecule has 4 aromatic rings. The monoisotopic (exact) mass is 967 g/mol. The fourth-order valence-electron chi connectivity index (χ4n) is 9.62. The van der Waals surface area contributed by atoms with Crippen LogP contribution >= 0.6 is 11.3 Å². The third-order valence-electron chi connectivity index (χ3n) is 13.5. The number of fused-ring (bicyclic) bond motifs is 6. The third kappa shape index (κ3) is 11.2. The Balaban J connectivity index is 1.20. The van der Waals surface area contributed by atoms with Gasteiger partial charge in [0.2, 0.25) is 11.8 Å². The normalized spacial score (nSPS) is 19.9. The molecular weight excluding hydrogens is 897 g/mol. The molecule has 3 aliphatic rings. The number of hydrogen-bond acceptors (Lipinski definition) is 12. The van der Waals surface area contributed by atoms with E-state index in [1.165, 1.54) is 21.2 Å². The number of cyclic esters (lactones) is 1. The number of rotatable bonds is 12. The number of thiazole rings is 1. The van der Waals surface area contributed by atoms with Crippen LogP contribution in [0.25, 0.3) is 33.4 Å². The minimum atomic E-state index is -1.09. The van der Waals surface area contributed by atoms with Gasteiger partial charge in [-0.1, -0.05) is 39.8 Å². The number of likely N-dealkylation sites (N-methyl/N-ethyl adjacent to an activating group) is 3. The first-order valence-corrected chi connectivity index (χ1v) is 24.9. The van der Waals surface area contributed by atoms with E-state index >= 15 is 0 Å². The molecule has 6 bridgehead atoms. The van der Waals surface area contributed by atoms with E-state index < -0.39 is 41.3 Å². The number of methoxy groups -OCH3 is 1. The van der Waals surface area contributed by atoms with Crippen LogP contribution in [0.4, 0.5) is 4.79 Å². The summed E-state index contributed by atoms with van der Waals surface area (Å²) in [7, 11) is 8.81. The topological polar surface area (TPSA) is 175 Å². The van der Waals surface area contributed by atoms with Crippen LogP contribution in [0.15, 0.2) is 54.1 Å². The van der Waals surface area contributed by atoms with Crippen molar-refractivity contribution in [3.05, 3.63) is 70.3 Å². The number of likely N-dealkylation sites (tertiary alicyclic amines) is 1. The summed E-state index contributed by atoms with van der Waals surface area (Å²) < 4.78 is 14.2. The Morgan fingerprint density at radius 3 is 2.55 bits per heavy atom. The standard InChI is InChI=1S/C51H70N10O7S/c1-12-60-41-20-19-33-24-36(41)37(46(60)35-16-13-21-52-44(35)32(4)67-11)26-51(5,6)30-68-49(65)38-17-14-23-61(55-38)48(64)39(25-42-53-40(33)29-69-42)54-47(63)45(31(2)3)58(10)50(66)57(9)34-27-59(28-34)43(62)18-15-22-56(7)8/h13,15-16,18-21,24,29,31-32,34,38-39,45,55H,12,14,17,22-23,25-28,30H2,1-11H3,(H,54,63)/b18-15+/t32-,38-,39-,45?/m0/s1. The van der Waals surface area contributed by atoms with Crippen molar-refractivity contribution in [1.29, 1.82) is 0 Å². The highest BCUT2D eigenvalue weighted by molar-refractivity contribution is 7.10. The zero-order chi connectivity index (χ0) is 49.9. The second-order valence-corrected chi connectivity index (χ2v) is 21.0. The number of benzene rings is 1. The van der Waals surface area contributed by atoms with Gasteiger partial charge in [0.25, 0.3) is 5.91 Å². The molecule has 3 aromatic heterocycles. The predicted molar refractivity (Wildman–Crippen MR) is 267 cm³/mol. The molecule has 0 spiro atoms. The van der Waals surface area contributed by atoms with Crippen LogP contribution in [0.1, 0.15) is 76.8 Å². The summed E-state index contributed by atoms with van der Waals surface area (Å²) in [6.07, 6.45) is 6.53. The lowest BCUT2D eigenvalue weighted by atomic mass is 9.84. The van der Waals surface area contributed by atoms with Crippen molar-refractivity contribution < 1.29 is 33.4 Å².